The van der Waals surface area contributed by atoms with Crippen LogP contribution >= 0.6 is 11.6 Å². The zero-order chi connectivity index (χ0) is 24.2. The Morgan fingerprint density at radius 1 is 1.24 bits per heavy atom. The Morgan fingerprint density at radius 3 is 2.52 bits per heavy atom. The molecule has 2 fully saturated rings. The maximum atomic E-state index is 13.5. The number of rotatable bonds is 7. The topological polar surface area (TPSA) is 77.1 Å². The van der Waals surface area contributed by atoms with Crippen molar-refractivity contribution in [3.05, 3.63) is 40.6 Å². The van der Waals surface area contributed by atoms with E-state index in [1.54, 1.807) is 23.1 Å². The number of methoxy groups -OCH3 is 2. The summed E-state index contributed by atoms with van der Waals surface area (Å²) in [5.74, 6) is 0.166. The Labute approximate surface area is 201 Å². The van der Waals surface area contributed by atoms with Crippen molar-refractivity contribution < 1.29 is 23.8 Å². The molecule has 7 nitrogen and oxygen atoms in total. The average molecular weight is 479 g/mol. The summed E-state index contributed by atoms with van der Waals surface area (Å²) in [7, 11) is 3.03. The van der Waals surface area contributed by atoms with Crippen molar-refractivity contribution in [2.75, 3.05) is 27.3 Å². The van der Waals surface area contributed by atoms with Gasteiger partial charge in [-0.15, -0.1) is 0 Å². The van der Waals surface area contributed by atoms with Crippen molar-refractivity contribution in [1.29, 1.82) is 0 Å². The molecule has 1 heterocycles. The quantitative estimate of drug-likeness (QED) is 0.475. The highest BCUT2D eigenvalue weighted by Gasteiger charge is 2.46. The number of nitrogens with one attached hydrogen (secondary N) is 1. The van der Waals surface area contributed by atoms with Crippen molar-refractivity contribution in [2.45, 2.75) is 58.5 Å². The lowest BCUT2D eigenvalue weighted by Crippen LogP contribution is -2.59. The highest BCUT2D eigenvalue weighted by Crippen LogP contribution is 2.42. The fraction of sp³-hybridized carbons (Fsp3) is 0.600. The third-order valence-corrected chi connectivity index (χ3v) is 6.86. The minimum Gasteiger partial charge on any atom is -0.482 e. The van der Waals surface area contributed by atoms with Gasteiger partial charge in [-0.3, -0.25) is 9.59 Å². The molecule has 182 valence electrons. The van der Waals surface area contributed by atoms with Gasteiger partial charge in [-0.05, 0) is 54.4 Å². The molecule has 1 saturated carbocycles. The first-order valence-corrected chi connectivity index (χ1v) is 11.8. The van der Waals surface area contributed by atoms with Crippen molar-refractivity contribution in [2.24, 2.45) is 11.3 Å². The largest absolute Gasteiger partial charge is 0.482 e. The van der Waals surface area contributed by atoms with E-state index in [0.29, 0.717) is 10.9 Å². The molecule has 3 atom stereocenters. The molecule has 1 aliphatic heterocycles. The maximum Gasteiger partial charge on any atom is 0.289 e. The highest BCUT2D eigenvalue weighted by atomic mass is 35.5. The van der Waals surface area contributed by atoms with Crippen molar-refractivity contribution in [1.82, 2.24) is 10.2 Å². The van der Waals surface area contributed by atoms with Gasteiger partial charge >= 0.3 is 0 Å². The number of fused-ring (bicyclic) bond motifs is 1. The molecule has 0 aromatic heterocycles. The van der Waals surface area contributed by atoms with E-state index in [1.165, 1.54) is 14.2 Å². The summed E-state index contributed by atoms with van der Waals surface area (Å²) >= 11 is 5.99. The molecule has 1 saturated heterocycles. The number of carbonyl (C=O) groups is 2. The highest BCUT2D eigenvalue weighted by molar-refractivity contribution is 6.30. The predicted octanol–water partition coefficient (Wildman–Crippen LogP) is 3.86. The molecule has 1 N–H and O–H groups in total. The molecule has 3 unspecified atom stereocenters. The van der Waals surface area contributed by atoms with Crippen LogP contribution in [0, 0.1) is 11.3 Å². The zero-order valence-electron chi connectivity index (χ0n) is 20.1. The Balaban J connectivity index is 1.82. The van der Waals surface area contributed by atoms with Gasteiger partial charge in [-0.2, -0.15) is 0 Å². The number of ether oxygens (including phenoxy) is 3. The Morgan fingerprint density at radius 2 is 1.91 bits per heavy atom. The molecule has 3 rings (SSSR count). The normalized spacial score (nSPS) is 24.6. The lowest BCUT2D eigenvalue weighted by molar-refractivity contribution is -0.155. The molecule has 8 heteroatoms. The van der Waals surface area contributed by atoms with Gasteiger partial charge in [-0.1, -0.05) is 44.5 Å². The van der Waals surface area contributed by atoms with Gasteiger partial charge in [0.25, 0.3) is 5.91 Å². The predicted molar refractivity (Wildman–Crippen MR) is 127 cm³/mol. The van der Waals surface area contributed by atoms with Crippen LogP contribution in [0.3, 0.4) is 0 Å². The average Bonchev–Trinajstić information content (AvgIpc) is 2.77. The fourth-order valence-electron chi connectivity index (χ4n) is 4.54. The van der Waals surface area contributed by atoms with Gasteiger partial charge in [0.05, 0.1) is 12.6 Å². The van der Waals surface area contributed by atoms with E-state index in [9.17, 15) is 9.59 Å². The summed E-state index contributed by atoms with van der Waals surface area (Å²) in [5, 5.41) is 3.42. The van der Waals surface area contributed by atoms with Gasteiger partial charge in [0.1, 0.15) is 12.6 Å². The molecule has 0 bridgehead atoms. The number of morpholine rings is 1. The molecule has 33 heavy (non-hydrogen) atoms. The van der Waals surface area contributed by atoms with Gasteiger partial charge in [0.15, 0.2) is 12.0 Å². The van der Waals surface area contributed by atoms with Gasteiger partial charge in [-0.25, -0.2) is 0 Å². The number of carbonyl (C=O) groups excluding carboxylic acids is 2. The van der Waals surface area contributed by atoms with Crippen LogP contribution in [0.5, 0.6) is 0 Å². The standard InChI is InChI=1S/C25H35ClN2O5/c1-25(2,3)17-8-11-20-19(13-17)28(15-22(29)27-14-23(31-4)32-5)24(30)21(33-20)12-16-6-9-18(26)10-7-16/h6-7,9-10,12,17,19-20,23H,8,11,13-15H2,1-5H3,(H,27,29)/b21-12+. The first-order valence-electron chi connectivity index (χ1n) is 11.4. The van der Waals surface area contributed by atoms with Crippen LogP contribution < -0.4 is 5.32 Å². The van der Waals surface area contributed by atoms with Crippen LogP contribution in [-0.4, -0.2) is 62.5 Å². The van der Waals surface area contributed by atoms with E-state index in [1.807, 2.05) is 12.1 Å². The van der Waals surface area contributed by atoms with Crippen LogP contribution in [0.4, 0.5) is 0 Å². The second-order valence-corrected chi connectivity index (χ2v) is 10.2. The monoisotopic (exact) mass is 478 g/mol. The minimum absolute atomic E-state index is 0.0433. The van der Waals surface area contributed by atoms with Gasteiger partial charge in [0.2, 0.25) is 5.91 Å². The zero-order valence-corrected chi connectivity index (χ0v) is 20.9. The molecule has 1 aromatic carbocycles. The van der Waals surface area contributed by atoms with E-state index in [2.05, 4.69) is 26.1 Å². The Hall–Kier alpha value is -2.09. The van der Waals surface area contributed by atoms with Crippen LogP contribution in [0.15, 0.2) is 30.0 Å². The second-order valence-electron chi connectivity index (χ2n) is 9.80. The van der Waals surface area contributed by atoms with Crippen molar-refractivity contribution in [3.63, 3.8) is 0 Å². The number of benzene rings is 1. The van der Waals surface area contributed by atoms with Crippen LogP contribution in [-0.2, 0) is 23.8 Å². The lowest BCUT2D eigenvalue weighted by atomic mass is 9.69. The van der Waals surface area contributed by atoms with Gasteiger partial charge in [0, 0.05) is 19.2 Å². The third kappa shape index (κ3) is 6.49. The third-order valence-electron chi connectivity index (χ3n) is 6.60. The van der Waals surface area contributed by atoms with Crippen LogP contribution in [0.25, 0.3) is 6.08 Å². The van der Waals surface area contributed by atoms with Crippen LogP contribution in [0.2, 0.25) is 5.02 Å². The van der Waals surface area contributed by atoms with Crippen molar-refractivity contribution in [3.8, 4) is 0 Å². The Bertz CT molecular complexity index is 861. The summed E-state index contributed by atoms with van der Waals surface area (Å²) in [4.78, 5) is 27.9. The van der Waals surface area contributed by atoms with E-state index >= 15 is 0 Å². The molecule has 0 radical (unpaired) electrons. The lowest BCUT2D eigenvalue weighted by Gasteiger charge is -2.48. The fourth-order valence-corrected chi connectivity index (χ4v) is 4.67. The van der Waals surface area contributed by atoms with E-state index in [0.717, 1.165) is 24.8 Å². The number of hydrogen-bond acceptors (Lipinski definition) is 5. The van der Waals surface area contributed by atoms with E-state index in [4.69, 9.17) is 25.8 Å². The van der Waals surface area contributed by atoms with Gasteiger partial charge < -0.3 is 24.4 Å². The van der Waals surface area contributed by atoms with Crippen molar-refractivity contribution >= 4 is 29.5 Å². The smallest absolute Gasteiger partial charge is 0.289 e. The Kier molecular flexibility index (Phi) is 8.43. The van der Waals surface area contributed by atoms with E-state index < -0.39 is 6.29 Å². The first-order chi connectivity index (χ1) is 15.6. The number of nitrogens with zero attached hydrogens (tertiary/aromatic N) is 1. The summed E-state index contributed by atoms with van der Waals surface area (Å²) in [6.07, 6.45) is 3.71. The number of halogens is 1. The molecule has 1 aliphatic carbocycles. The molecule has 0 spiro atoms. The second kappa shape index (κ2) is 10.9. The summed E-state index contributed by atoms with van der Waals surface area (Å²) in [6.45, 7) is 6.83. The molecule has 1 aromatic rings. The maximum absolute atomic E-state index is 13.5. The molecular weight excluding hydrogens is 444 g/mol. The van der Waals surface area contributed by atoms with E-state index in [-0.39, 0.29) is 48.2 Å². The minimum atomic E-state index is -0.539. The van der Waals surface area contributed by atoms with Crippen LogP contribution in [0.1, 0.15) is 45.6 Å². The summed E-state index contributed by atoms with van der Waals surface area (Å²) in [5.41, 5.74) is 0.933. The first kappa shape index (κ1) is 25.5. The molecular formula is C25H35ClN2O5. The molecule has 2 aliphatic rings. The number of amides is 2. The summed E-state index contributed by atoms with van der Waals surface area (Å²) < 4.78 is 16.5. The molecule has 2 amide bonds. The SMILES string of the molecule is COC(CNC(=O)CN1C(=O)/C(=C\c2ccc(Cl)cc2)OC2CCC(C(C)(C)C)CC21)OC. The summed E-state index contributed by atoms with van der Waals surface area (Å²) in [6, 6.07) is 7.06. The number of hydrogen-bond donors (Lipinski definition) is 1.